The third-order valence-electron chi connectivity index (χ3n) is 5.00. The molecule has 1 fully saturated rings. The van der Waals surface area contributed by atoms with Crippen LogP contribution in [0.1, 0.15) is 23.5 Å². The van der Waals surface area contributed by atoms with Crippen molar-refractivity contribution in [1.29, 1.82) is 0 Å². The van der Waals surface area contributed by atoms with Gasteiger partial charge in [-0.05, 0) is 48.2 Å². The summed E-state index contributed by atoms with van der Waals surface area (Å²) in [6, 6.07) is 8.92. The maximum absolute atomic E-state index is 12.7. The van der Waals surface area contributed by atoms with E-state index in [0.717, 1.165) is 16.4 Å². The number of anilines is 1. The van der Waals surface area contributed by atoms with Crippen molar-refractivity contribution in [1.82, 2.24) is 4.31 Å². The van der Waals surface area contributed by atoms with E-state index in [0.29, 0.717) is 17.7 Å². The van der Waals surface area contributed by atoms with E-state index < -0.39 is 27.7 Å². The number of halogens is 3. The minimum absolute atomic E-state index is 0.00122. The predicted molar refractivity (Wildman–Crippen MR) is 105 cm³/mol. The second-order valence-electron chi connectivity index (χ2n) is 7.21. The molecule has 2 aromatic rings. The number of carbonyl (C=O) groups excluding carboxylic acids is 1. The number of amides is 1. The van der Waals surface area contributed by atoms with E-state index >= 15 is 0 Å². The molecule has 1 aliphatic rings. The lowest BCUT2D eigenvalue weighted by Gasteiger charge is -2.15. The Labute approximate surface area is 172 Å². The van der Waals surface area contributed by atoms with Crippen molar-refractivity contribution in [3.8, 4) is 5.75 Å². The van der Waals surface area contributed by atoms with Gasteiger partial charge >= 0.3 is 6.18 Å². The number of alkyl halides is 3. The van der Waals surface area contributed by atoms with E-state index in [2.05, 4.69) is 5.32 Å². The molecular weight excluding hydrogens is 421 g/mol. The third-order valence-corrected chi connectivity index (χ3v) is 6.81. The largest absolute Gasteiger partial charge is 0.495 e. The number of nitrogens with zero attached hydrogens (tertiary/aromatic N) is 1. The molecule has 0 spiro atoms. The molecule has 2 unspecified atom stereocenters. The molecule has 2 atom stereocenters. The average molecular weight is 442 g/mol. The van der Waals surface area contributed by atoms with Crippen LogP contribution >= 0.6 is 0 Å². The molecule has 0 heterocycles. The molecule has 1 amide bonds. The molecule has 0 radical (unpaired) electrons. The maximum atomic E-state index is 12.7. The lowest BCUT2D eigenvalue weighted by molar-refractivity contribution is -0.137. The smallest absolute Gasteiger partial charge is 0.416 e. The van der Waals surface area contributed by atoms with Crippen molar-refractivity contribution >= 4 is 21.6 Å². The molecule has 0 bridgehead atoms. The van der Waals surface area contributed by atoms with Gasteiger partial charge in [0.2, 0.25) is 15.9 Å². The van der Waals surface area contributed by atoms with Gasteiger partial charge in [0.15, 0.2) is 0 Å². The van der Waals surface area contributed by atoms with E-state index in [1.807, 2.05) is 0 Å². The summed E-state index contributed by atoms with van der Waals surface area (Å²) in [6.45, 7) is 0. The molecule has 0 aromatic heterocycles. The predicted octanol–water partition coefficient (Wildman–Crippen LogP) is 3.71. The highest BCUT2D eigenvalue weighted by Gasteiger charge is 2.44. The van der Waals surface area contributed by atoms with Gasteiger partial charge in [0.1, 0.15) is 5.75 Å². The Morgan fingerprint density at radius 3 is 2.30 bits per heavy atom. The fraction of sp³-hybridized carbons (Fsp3) is 0.350. The Balaban J connectivity index is 1.75. The number of sulfonamides is 1. The van der Waals surface area contributed by atoms with E-state index in [9.17, 15) is 26.4 Å². The Hall–Kier alpha value is -2.59. The molecular formula is C20H21F3N2O4S. The van der Waals surface area contributed by atoms with Gasteiger partial charge in [-0.15, -0.1) is 0 Å². The average Bonchev–Trinajstić information content (AvgIpc) is 3.48. The van der Waals surface area contributed by atoms with Crippen LogP contribution in [-0.4, -0.2) is 39.8 Å². The van der Waals surface area contributed by atoms with Gasteiger partial charge < -0.3 is 10.1 Å². The van der Waals surface area contributed by atoms with Crippen molar-refractivity contribution in [2.24, 2.45) is 5.92 Å². The van der Waals surface area contributed by atoms with Crippen LogP contribution in [0.25, 0.3) is 0 Å². The Kier molecular flexibility index (Phi) is 5.83. The maximum Gasteiger partial charge on any atom is 0.416 e. The summed E-state index contributed by atoms with van der Waals surface area (Å²) in [5.74, 6) is -0.655. The number of methoxy groups -OCH3 is 1. The zero-order valence-corrected chi connectivity index (χ0v) is 17.3. The highest BCUT2D eigenvalue weighted by atomic mass is 32.2. The number of benzene rings is 2. The molecule has 30 heavy (non-hydrogen) atoms. The highest BCUT2D eigenvalue weighted by Crippen LogP contribution is 2.48. The first-order valence-corrected chi connectivity index (χ1v) is 10.5. The minimum Gasteiger partial charge on any atom is -0.495 e. The summed E-state index contributed by atoms with van der Waals surface area (Å²) in [5.41, 5.74) is 0.124. The second kappa shape index (κ2) is 7.92. The standard InChI is InChI=1S/C20H21F3N2O4S/c1-25(2)30(27,28)14-8-9-18(29-3)17(10-14)24-19(26)16-11-15(16)12-4-6-13(7-5-12)20(21,22)23/h4-10,15-16H,11H2,1-3H3,(H,24,26). The van der Waals surface area contributed by atoms with Gasteiger partial charge in [-0.1, -0.05) is 12.1 Å². The van der Waals surface area contributed by atoms with Crippen LogP contribution in [0.15, 0.2) is 47.4 Å². The monoisotopic (exact) mass is 442 g/mol. The Bertz CT molecular complexity index is 1050. The van der Waals surface area contributed by atoms with Gasteiger partial charge in [0, 0.05) is 20.0 Å². The fourth-order valence-electron chi connectivity index (χ4n) is 3.15. The summed E-state index contributed by atoms with van der Waals surface area (Å²) in [4.78, 5) is 12.6. The number of carbonyl (C=O) groups is 1. The number of hydrogen-bond donors (Lipinski definition) is 1. The normalized spacial score (nSPS) is 18.9. The van der Waals surface area contributed by atoms with E-state index in [-0.39, 0.29) is 22.4 Å². The highest BCUT2D eigenvalue weighted by molar-refractivity contribution is 7.89. The van der Waals surface area contributed by atoms with E-state index in [1.165, 1.54) is 51.5 Å². The summed E-state index contributed by atoms with van der Waals surface area (Å²) in [5, 5.41) is 2.68. The van der Waals surface area contributed by atoms with E-state index in [1.54, 1.807) is 0 Å². The second-order valence-corrected chi connectivity index (χ2v) is 9.36. The number of ether oxygens (including phenoxy) is 1. The first kappa shape index (κ1) is 22.1. The summed E-state index contributed by atoms with van der Waals surface area (Å²) in [6.07, 6.45) is -3.91. The molecule has 1 saturated carbocycles. The van der Waals surface area contributed by atoms with E-state index in [4.69, 9.17) is 4.74 Å². The van der Waals surface area contributed by atoms with Crippen molar-refractivity contribution < 1.29 is 31.1 Å². The molecule has 1 N–H and O–H groups in total. The topological polar surface area (TPSA) is 75.7 Å². The van der Waals surface area contributed by atoms with Crippen LogP contribution in [0.3, 0.4) is 0 Å². The Morgan fingerprint density at radius 1 is 1.13 bits per heavy atom. The fourth-order valence-corrected chi connectivity index (χ4v) is 4.08. The molecule has 2 aromatic carbocycles. The quantitative estimate of drug-likeness (QED) is 0.740. The summed E-state index contributed by atoms with van der Waals surface area (Å²) in [7, 11) is 0.495. The molecule has 6 nitrogen and oxygen atoms in total. The van der Waals surface area contributed by atoms with Crippen LogP contribution in [0, 0.1) is 5.92 Å². The number of hydrogen-bond acceptors (Lipinski definition) is 4. The van der Waals surface area contributed by atoms with Crippen LogP contribution in [0.5, 0.6) is 5.75 Å². The molecule has 162 valence electrons. The van der Waals surface area contributed by atoms with Crippen molar-refractivity contribution in [2.75, 3.05) is 26.5 Å². The van der Waals surface area contributed by atoms with Crippen molar-refractivity contribution in [3.05, 3.63) is 53.6 Å². The lowest BCUT2D eigenvalue weighted by Crippen LogP contribution is -2.22. The van der Waals surface area contributed by atoms with Crippen LogP contribution in [0.2, 0.25) is 0 Å². The molecule has 1 aliphatic carbocycles. The zero-order valence-electron chi connectivity index (χ0n) is 16.5. The van der Waals surface area contributed by atoms with Crippen LogP contribution in [0.4, 0.5) is 18.9 Å². The number of rotatable bonds is 6. The van der Waals surface area contributed by atoms with Crippen molar-refractivity contribution in [2.45, 2.75) is 23.4 Å². The molecule has 0 saturated heterocycles. The molecule has 10 heteroatoms. The van der Waals surface area contributed by atoms with Crippen LogP contribution in [-0.2, 0) is 21.0 Å². The van der Waals surface area contributed by atoms with Crippen LogP contribution < -0.4 is 10.1 Å². The molecule has 3 rings (SSSR count). The van der Waals surface area contributed by atoms with Gasteiger partial charge in [-0.2, -0.15) is 13.2 Å². The summed E-state index contributed by atoms with van der Waals surface area (Å²) < 4.78 is 69.0. The van der Waals surface area contributed by atoms with Gasteiger partial charge in [0.25, 0.3) is 0 Å². The first-order valence-electron chi connectivity index (χ1n) is 9.03. The van der Waals surface area contributed by atoms with Gasteiger partial charge in [-0.25, -0.2) is 12.7 Å². The third kappa shape index (κ3) is 4.44. The molecule has 0 aliphatic heterocycles. The SMILES string of the molecule is COc1ccc(S(=O)(=O)N(C)C)cc1NC(=O)C1CC1c1ccc(C(F)(F)F)cc1. The number of nitrogens with one attached hydrogen (secondary N) is 1. The first-order chi connectivity index (χ1) is 13.9. The summed E-state index contributed by atoms with van der Waals surface area (Å²) >= 11 is 0. The van der Waals surface area contributed by atoms with Gasteiger partial charge in [0.05, 0.1) is 23.3 Å². The van der Waals surface area contributed by atoms with Crippen molar-refractivity contribution in [3.63, 3.8) is 0 Å². The minimum atomic E-state index is -4.41. The van der Waals surface area contributed by atoms with Gasteiger partial charge in [-0.3, -0.25) is 4.79 Å². The zero-order chi connectivity index (χ0) is 22.3. The lowest BCUT2D eigenvalue weighted by atomic mass is 10.1. The Morgan fingerprint density at radius 2 is 1.77 bits per heavy atom.